The Bertz CT molecular complexity index is 1080. The summed E-state index contributed by atoms with van der Waals surface area (Å²) in [4.78, 5) is 5.60. The number of nitrogens with zero attached hydrogens (tertiary/aromatic N) is 2. The van der Waals surface area contributed by atoms with Crippen molar-refractivity contribution in [1.82, 2.24) is 9.38 Å². The second kappa shape index (κ2) is 6.20. The van der Waals surface area contributed by atoms with Crippen LogP contribution in [0.25, 0.3) is 16.2 Å². The fourth-order valence-corrected chi connectivity index (χ4v) is 3.95. The smallest absolute Gasteiger partial charge is 0.195 e. The lowest BCUT2D eigenvalue weighted by Gasteiger charge is -2.12. The minimum Gasteiger partial charge on any atom is -0.507 e. The third-order valence-electron chi connectivity index (χ3n) is 4.11. The predicted octanol–water partition coefficient (Wildman–Crippen LogP) is 5.89. The summed E-state index contributed by atoms with van der Waals surface area (Å²) in [5, 5.41) is 15.8. The number of anilines is 2. The summed E-state index contributed by atoms with van der Waals surface area (Å²) in [5.74, 6) is 1.05. The van der Waals surface area contributed by atoms with Gasteiger partial charge in [-0.15, -0.1) is 11.3 Å². The summed E-state index contributed by atoms with van der Waals surface area (Å²) in [7, 11) is 0. The fraction of sp³-hybridized carbons (Fsp3) is 0.105. The highest BCUT2D eigenvalue weighted by Gasteiger charge is 2.18. The van der Waals surface area contributed by atoms with Crippen molar-refractivity contribution in [3.05, 3.63) is 63.6 Å². The van der Waals surface area contributed by atoms with Gasteiger partial charge >= 0.3 is 0 Å². The van der Waals surface area contributed by atoms with Crippen LogP contribution in [0.3, 0.4) is 0 Å². The minimum absolute atomic E-state index is 0.206. The van der Waals surface area contributed by atoms with Gasteiger partial charge in [0.1, 0.15) is 17.3 Å². The molecule has 0 spiro atoms. The zero-order valence-electron chi connectivity index (χ0n) is 13.7. The van der Waals surface area contributed by atoms with Crippen LogP contribution < -0.4 is 5.32 Å². The maximum Gasteiger partial charge on any atom is 0.195 e. The Morgan fingerprint density at radius 3 is 2.80 bits per heavy atom. The van der Waals surface area contributed by atoms with Gasteiger partial charge < -0.3 is 10.4 Å². The summed E-state index contributed by atoms with van der Waals surface area (Å²) in [6.45, 7) is 4.16. The molecule has 4 rings (SSSR count). The number of aryl methyl sites for hydroxylation is 2. The lowest BCUT2D eigenvalue weighted by molar-refractivity contribution is 0.477. The molecule has 0 aliphatic carbocycles. The van der Waals surface area contributed by atoms with Crippen LogP contribution in [0.4, 0.5) is 11.5 Å². The minimum atomic E-state index is 0.206. The average molecular weight is 414 g/mol. The third-order valence-corrected chi connectivity index (χ3v) is 5.36. The molecule has 0 unspecified atom stereocenters. The van der Waals surface area contributed by atoms with Gasteiger partial charge in [-0.05, 0) is 43.7 Å². The number of thiazole rings is 1. The summed E-state index contributed by atoms with van der Waals surface area (Å²) in [6, 6.07) is 11.7. The van der Waals surface area contributed by atoms with Crippen LogP contribution in [0.2, 0.25) is 0 Å². The molecule has 0 saturated carbocycles. The molecule has 25 heavy (non-hydrogen) atoms. The van der Waals surface area contributed by atoms with E-state index in [0.717, 1.165) is 32.2 Å². The number of nitrogens with one attached hydrogen (secondary N) is 1. The molecule has 6 heteroatoms. The van der Waals surface area contributed by atoms with Gasteiger partial charge in [0.25, 0.3) is 0 Å². The molecule has 2 N–H and O–H groups in total. The zero-order chi connectivity index (χ0) is 17.6. The normalized spacial score (nSPS) is 11.2. The molecule has 0 aliphatic rings. The first-order chi connectivity index (χ1) is 12.0. The SMILES string of the molecule is Cc1ccc(Nc2c(-c3cc(Br)ccc3O)nc3sccn23)c(C)c1. The van der Waals surface area contributed by atoms with E-state index in [0.29, 0.717) is 5.56 Å². The number of hydrogen-bond acceptors (Lipinski definition) is 4. The number of fused-ring (bicyclic) bond motifs is 1. The molecule has 2 aromatic heterocycles. The van der Waals surface area contributed by atoms with E-state index in [1.807, 2.05) is 28.1 Å². The number of rotatable bonds is 3. The first kappa shape index (κ1) is 16.2. The van der Waals surface area contributed by atoms with E-state index in [1.165, 1.54) is 5.56 Å². The number of phenolic OH excluding ortho intramolecular Hbond substituents is 1. The van der Waals surface area contributed by atoms with Crippen molar-refractivity contribution in [2.24, 2.45) is 0 Å². The Hall–Kier alpha value is -2.31. The molecule has 0 atom stereocenters. The monoisotopic (exact) mass is 413 g/mol. The van der Waals surface area contributed by atoms with Gasteiger partial charge in [0.15, 0.2) is 4.96 Å². The highest BCUT2D eigenvalue weighted by molar-refractivity contribution is 9.10. The molecule has 0 saturated heterocycles. The number of benzene rings is 2. The molecule has 0 amide bonds. The van der Waals surface area contributed by atoms with Crippen LogP contribution in [0, 0.1) is 13.8 Å². The maximum absolute atomic E-state index is 10.3. The molecule has 2 aromatic carbocycles. The Morgan fingerprint density at radius 1 is 1.16 bits per heavy atom. The van der Waals surface area contributed by atoms with E-state index in [4.69, 9.17) is 4.98 Å². The second-order valence-corrected chi connectivity index (χ2v) is 7.76. The number of phenols is 1. The van der Waals surface area contributed by atoms with E-state index >= 15 is 0 Å². The first-order valence-corrected chi connectivity index (χ1v) is 9.49. The summed E-state index contributed by atoms with van der Waals surface area (Å²) < 4.78 is 2.91. The summed E-state index contributed by atoms with van der Waals surface area (Å²) >= 11 is 5.04. The van der Waals surface area contributed by atoms with E-state index in [2.05, 4.69) is 53.3 Å². The highest BCUT2D eigenvalue weighted by atomic mass is 79.9. The lowest BCUT2D eigenvalue weighted by atomic mass is 10.1. The van der Waals surface area contributed by atoms with Gasteiger partial charge in [0.05, 0.1) is 0 Å². The topological polar surface area (TPSA) is 49.6 Å². The Labute approximate surface area is 157 Å². The molecule has 4 nitrogen and oxygen atoms in total. The van der Waals surface area contributed by atoms with Crippen molar-refractivity contribution in [3.8, 4) is 17.0 Å². The number of aromatic hydroxyl groups is 1. The van der Waals surface area contributed by atoms with Crippen molar-refractivity contribution in [3.63, 3.8) is 0 Å². The number of halogens is 1. The Morgan fingerprint density at radius 2 is 2.00 bits per heavy atom. The first-order valence-electron chi connectivity index (χ1n) is 7.81. The highest BCUT2D eigenvalue weighted by Crippen LogP contribution is 2.38. The van der Waals surface area contributed by atoms with E-state index < -0.39 is 0 Å². The standard InChI is InChI=1S/C19H16BrN3OS/c1-11-3-5-15(12(2)9-11)21-18-17(22-19-23(18)7-8-25-19)14-10-13(20)4-6-16(14)24/h3-10,21,24H,1-2H3. The van der Waals surface area contributed by atoms with Crippen LogP contribution in [0.15, 0.2) is 52.4 Å². The molecule has 0 bridgehead atoms. The molecular formula is C19H16BrN3OS. The van der Waals surface area contributed by atoms with Gasteiger partial charge in [-0.25, -0.2) is 4.98 Å². The molecule has 4 aromatic rings. The number of imidazole rings is 1. The van der Waals surface area contributed by atoms with Crippen molar-refractivity contribution in [1.29, 1.82) is 0 Å². The zero-order valence-corrected chi connectivity index (χ0v) is 16.1. The van der Waals surface area contributed by atoms with Crippen LogP contribution >= 0.6 is 27.3 Å². The van der Waals surface area contributed by atoms with Crippen LogP contribution in [0.5, 0.6) is 5.75 Å². The van der Waals surface area contributed by atoms with Crippen molar-refractivity contribution >= 4 is 43.7 Å². The molecule has 2 heterocycles. The van der Waals surface area contributed by atoms with Gasteiger partial charge in [-0.2, -0.15) is 0 Å². The van der Waals surface area contributed by atoms with Gasteiger partial charge in [-0.3, -0.25) is 4.40 Å². The van der Waals surface area contributed by atoms with Crippen molar-refractivity contribution in [2.75, 3.05) is 5.32 Å². The molecule has 0 radical (unpaired) electrons. The fourth-order valence-electron chi connectivity index (χ4n) is 2.87. The third kappa shape index (κ3) is 2.92. The predicted molar refractivity (Wildman–Crippen MR) is 107 cm³/mol. The van der Waals surface area contributed by atoms with E-state index in [-0.39, 0.29) is 5.75 Å². The van der Waals surface area contributed by atoms with Gasteiger partial charge in [-0.1, -0.05) is 33.6 Å². The molecule has 0 aliphatic heterocycles. The number of aromatic nitrogens is 2. The molecular weight excluding hydrogens is 398 g/mol. The van der Waals surface area contributed by atoms with E-state index in [9.17, 15) is 5.11 Å². The van der Waals surface area contributed by atoms with Crippen LogP contribution in [-0.2, 0) is 0 Å². The summed E-state index contributed by atoms with van der Waals surface area (Å²) in [6.07, 6.45) is 1.98. The van der Waals surface area contributed by atoms with Gasteiger partial charge in [0, 0.05) is 27.3 Å². The van der Waals surface area contributed by atoms with Crippen molar-refractivity contribution < 1.29 is 5.11 Å². The van der Waals surface area contributed by atoms with E-state index in [1.54, 1.807) is 17.4 Å². The van der Waals surface area contributed by atoms with Crippen molar-refractivity contribution in [2.45, 2.75) is 13.8 Å². The molecule has 0 fully saturated rings. The maximum atomic E-state index is 10.3. The van der Waals surface area contributed by atoms with Gasteiger partial charge in [0.2, 0.25) is 0 Å². The summed E-state index contributed by atoms with van der Waals surface area (Å²) in [5.41, 5.74) is 4.83. The van der Waals surface area contributed by atoms with Crippen LogP contribution in [-0.4, -0.2) is 14.5 Å². The number of hydrogen-bond donors (Lipinski definition) is 2. The van der Waals surface area contributed by atoms with Crippen LogP contribution in [0.1, 0.15) is 11.1 Å². The average Bonchev–Trinajstić information content (AvgIpc) is 3.14. The lowest BCUT2D eigenvalue weighted by Crippen LogP contribution is -1.98. The second-order valence-electron chi connectivity index (χ2n) is 5.97. The quantitative estimate of drug-likeness (QED) is 0.439. The Kier molecular flexibility index (Phi) is 4.01. The molecule has 126 valence electrons. The largest absolute Gasteiger partial charge is 0.507 e. The Balaban J connectivity index is 1.90.